The molecule has 0 spiro atoms. The highest BCUT2D eigenvalue weighted by atomic mass is 32.1. The van der Waals surface area contributed by atoms with Crippen LogP contribution in [0.4, 0.5) is 0 Å². The van der Waals surface area contributed by atoms with Gasteiger partial charge in [0.1, 0.15) is 12.1 Å². The van der Waals surface area contributed by atoms with Crippen LogP contribution in [0.1, 0.15) is 4.88 Å². The number of aromatic nitrogens is 1. The molecule has 12 heteroatoms. The van der Waals surface area contributed by atoms with Crippen LogP contribution >= 0.6 is 22.7 Å². The molecule has 1 saturated heterocycles. The van der Waals surface area contributed by atoms with Crippen molar-refractivity contribution in [3.05, 3.63) is 45.8 Å². The van der Waals surface area contributed by atoms with Crippen LogP contribution in [0, 0.1) is 11.3 Å². The maximum atomic E-state index is 12.7. The topological polar surface area (TPSA) is 119 Å². The summed E-state index contributed by atoms with van der Waals surface area (Å²) in [6, 6.07) is 12.3. The largest absolute Gasteiger partial charge is 0.419 e. The van der Waals surface area contributed by atoms with E-state index in [4.69, 9.17) is 13.6 Å². The highest BCUT2D eigenvalue weighted by molar-refractivity contribution is 7.29. The molecule has 1 unspecified atom stereocenters. The van der Waals surface area contributed by atoms with E-state index in [9.17, 15) is 14.9 Å². The van der Waals surface area contributed by atoms with Crippen LogP contribution in [-0.2, 0) is 27.4 Å². The van der Waals surface area contributed by atoms with E-state index in [0.717, 1.165) is 42.4 Å². The van der Waals surface area contributed by atoms with Crippen molar-refractivity contribution < 1.29 is 18.4 Å². The summed E-state index contributed by atoms with van der Waals surface area (Å²) < 4.78 is 20.2. The van der Waals surface area contributed by atoms with Gasteiger partial charge < -0.3 is 24.2 Å². The molecule has 1 amide bonds. The number of rotatable bonds is 6. The van der Waals surface area contributed by atoms with E-state index >= 15 is 0 Å². The Bertz CT molecular complexity index is 1460. The van der Waals surface area contributed by atoms with Gasteiger partial charge in [-0.05, 0) is 41.9 Å². The number of nitriles is 1. The average Bonchev–Trinajstić information content (AvgIpc) is 3.50. The molecule has 0 bridgehead atoms. The first-order valence-electron chi connectivity index (χ1n) is 11.5. The molecule has 0 aliphatic carbocycles. The molecule has 4 aromatic rings. The SMILES string of the molecule is CO[Si]1CCOC(C(=O)N[C@H](C#N)Cc2cc3sc(-c4ccc5oc(=O)n(C)c5c4)cc3s2)CNC1. The van der Waals surface area contributed by atoms with Gasteiger partial charge in [0.2, 0.25) is 9.04 Å². The van der Waals surface area contributed by atoms with Gasteiger partial charge in [-0.15, -0.1) is 22.7 Å². The van der Waals surface area contributed by atoms with Crippen molar-refractivity contribution in [2.45, 2.75) is 24.6 Å². The van der Waals surface area contributed by atoms with Gasteiger partial charge in [-0.3, -0.25) is 9.36 Å². The molecule has 9 nitrogen and oxygen atoms in total. The Balaban J connectivity index is 1.25. The van der Waals surface area contributed by atoms with Crippen molar-refractivity contribution in [3.8, 4) is 16.5 Å². The Kier molecular flexibility index (Phi) is 7.38. The third-order valence-corrected chi connectivity index (χ3v) is 10.5. The predicted molar refractivity (Wildman–Crippen MR) is 142 cm³/mol. The van der Waals surface area contributed by atoms with Gasteiger partial charge in [0.15, 0.2) is 5.58 Å². The summed E-state index contributed by atoms with van der Waals surface area (Å²) in [4.78, 5) is 26.7. The minimum absolute atomic E-state index is 0.271. The zero-order valence-corrected chi connectivity index (χ0v) is 22.5. The number of nitrogens with one attached hydrogen (secondary N) is 2. The summed E-state index contributed by atoms with van der Waals surface area (Å²) in [6.07, 6.45) is 0.574. The Morgan fingerprint density at radius 3 is 2.97 bits per heavy atom. The summed E-state index contributed by atoms with van der Waals surface area (Å²) in [6.45, 7) is 0.879. The number of hydrogen-bond acceptors (Lipinski definition) is 9. The molecule has 3 aromatic heterocycles. The molecule has 2 atom stereocenters. The summed E-state index contributed by atoms with van der Waals surface area (Å²) in [5, 5.41) is 15.8. The average molecular weight is 542 g/mol. The third kappa shape index (κ3) is 5.17. The number of oxazole rings is 1. The molecule has 1 aromatic carbocycles. The van der Waals surface area contributed by atoms with Crippen LogP contribution in [0.2, 0.25) is 6.04 Å². The zero-order chi connectivity index (χ0) is 25.2. The summed E-state index contributed by atoms with van der Waals surface area (Å²) in [5.41, 5.74) is 2.34. The van der Waals surface area contributed by atoms with Crippen molar-refractivity contribution >= 4 is 58.1 Å². The second kappa shape index (κ2) is 10.7. The van der Waals surface area contributed by atoms with Crippen molar-refractivity contribution in [2.24, 2.45) is 7.05 Å². The van der Waals surface area contributed by atoms with E-state index in [1.54, 1.807) is 36.8 Å². The molecule has 1 aliphatic rings. The van der Waals surface area contributed by atoms with Gasteiger partial charge in [0.05, 0.1) is 11.6 Å². The quantitative estimate of drug-likeness (QED) is 0.360. The first kappa shape index (κ1) is 24.9. The van der Waals surface area contributed by atoms with Crippen molar-refractivity contribution in [1.29, 1.82) is 5.26 Å². The molecule has 1 radical (unpaired) electrons. The standard InChI is InChI=1S/C24H25N4O5S2Si/c1-28-17-7-14(3-4-18(17)33-24(28)30)20-10-22-21(35-20)9-16(34-22)8-15(11-25)27-23(29)19-12-26-13-36(31-2)6-5-32-19/h3-4,7,9-10,15,19,26H,5-6,8,12-13H2,1-2H3,(H,27,29)/t15-,19?/m0/s1. The Hall–Kier alpha value is -2.79. The number of carbonyl (C=O) groups is 1. The van der Waals surface area contributed by atoms with Crippen molar-refractivity contribution in [1.82, 2.24) is 15.2 Å². The second-order valence-corrected chi connectivity index (χ2v) is 13.1. The van der Waals surface area contributed by atoms with Crippen molar-refractivity contribution in [2.75, 3.05) is 26.4 Å². The number of carbonyl (C=O) groups excluding carboxylic acids is 1. The second-order valence-electron chi connectivity index (χ2n) is 8.54. The lowest BCUT2D eigenvalue weighted by atomic mass is 10.1. The van der Waals surface area contributed by atoms with Crippen LogP contribution in [0.25, 0.3) is 30.9 Å². The molecule has 2 N–H and O–H groups in total. The van der Waals surface area contributed by atoms with Crippen LogP contribution in [0.5, 0.6) is 0 Å². The Morgan fingerprint density at radius 1 is 1.36 bits per heavy atom. The highest BCUT2D eigenvalue weighted by Crippen LogP contribution is 2.39. The number of amides is 1. The zero-order valence-electron chi connectivity index (χ0n) is 19.8. The van der Waals surface area contributed by atoms with E-state index in [0.29, 0.717) is 25.2 Å². The first-order chi connectivity index (χ1) is 17.4. The third-order valence-electron chi connectivity index (χ3n) is 6.14. The number of ether oxygens (including phenoxy) is 1. The van der Waals surface area contributed by atoms with Gasteiger partial charge in [-0.1, -0.05) is 0 Å². The fourth-order valence-corrected chi connectivity index (χ4v) is 7.91. The maximum absolute atomic E-state index is 12.7. The van der Waals surface area contributed by atoms with Crippen LogP contribution < -0.4 is 16.4 Å². The highest BCUT2D eigenvalue weighted by Gasteiger charge is 2.26. The fraction of sp³-hybridized carbons (Fsp3) is 0.375. The molecule has 1 fully saturated rings. The normalized spacial score (nSPS) is 18.1. The van der Waals surface area contributed by atoms with Gasteiger partial charge in [0, 0.05) is 59.1 Å². The lowest BCUT2D eigenvalue weighted by molar-refractivity contribution is -0.132. The number of fused-ring (bicyclic) bond motifs is 2. The van der Waals surface area contributed by atoms with Crippen LogP contribution in [-0.4, -0.2) is 58.1 Å². The minimum atomic E-state index is -0.936. The Morgan fingerprint density at radius 2 is 2.19 bits per heavy atom. The number of thiophene rings is 2. The maximum Gasteiger partial charge on any atom is 0.419 e. The van der Waals surface area contributed by atoms with Gasteiger partial charge in [-0.2, -0.15) is 5.26 Å². The lowest BCUT2D eigenvalue weighted by Gasteiger charge is -2.24. The molecular weight excluding hydrogens is 517 g/mol. The number of benzene rings is 1. The van der Waals surface area contributed by atoms with E-state index in [2.05, 4.69) is 28.8 Å². The van der Waals surface area contributed by atoms with E-state index < -0.39 is 21.2 Å². The van der Waals surface area contributed by atoms with Crippen LogP contribution in [0.3, 0.4) is 0 Å². The van der Waals surface area contributed by atoms with E-state index in [1.165, 1.54) is 4.57 Å². The van der Waals surface area contributed by atoms with E-state index in [-0.39, 0.29) is 11.7 Å². The summed E-state index contributed by atoms with van der Waals surface area (Å²) in [5.74, 6) is -0.650. The molecule has 1 aliphatic heterocycles. The fourth-order valence-electron chi connectivity index (χ4n) is 4.15. The molecule has 0 saturated carbocycles. The molecule has 187 valence electrons. The van der Waals surface area contributed by atoms with E-state index in [1.807, 2.05) is 18.2 Å². The molecule has 36 heavy (non-hydrogen) atoms. The summed E-state index contributed by atoms with van der Waals surface area (Å²) >= 11 is 3.28. The molecule has 4 heterocycles. The van der Waals surface area contributed by atoms with Gasteiger partial charge in [-0.25, -0.2) is 4.79 Å². The molecule has 5 rings (SSSR count). The van der Waals surface area contributed by atoms with Gasteiger partial charge >= 0.3 is 5.76 Å². The van der Waals surface area contributed by atoms with Gasteiger partial charge in [0.25, 0.3) is 5.91 Å². The number of nitrogens with zero attached hydrogens (tertiary/aromatic N) is 2. The van der Waals surface area contributed by atoms with Crippen LogP contribution in [0.15, 0.2) is 39.5 Å². The minimum Gasteiger partial charge on any atom is -0.418 e. The molecular formula is C24H25N4O5S2Si. The lowest BCUT2D eigenvalue weighted by Crippen LogP contribution is -2.50. The van der Waals surface area contributed by atoms with Crippen molar-refractivity contribution in [3.63, 3.8) is 0 Å². The number of aryl methyl sites for hydroxylation is 1. The monoisotopic (exact) mass is 541 g/mol. The Labute approximate surface area is 217 Å². The first-order valence-corrected chi connectivity index (χ1v) is 14.9. The predicted octanol–water partition coefficient (Wildman–Crippen LogP) is 2.79. The summed E-state index contributed by atoms with van der Waals surface area (Å²) in [7, 11) is 2.46. The smallest absolute Gasteiger partial charge is 0.418 e. The number of hydrogen-bond donors (Lipinski definition) is 2.